The van der Waals surface area contributed by atoms with Crippen LogP contribution in [0.2, 0.25) is 0 Å². The van der Waals surface area contributed by atoms with E-state index in [2.05, 4.69) is 25.0 Å². The lowest BCUT2D eigenvalue weighted by atomic mass is 10.2. The summed E-state index contributed by atoms with van der Waals surface area (Å²) in [6.07, 6.45) is 1.77. The lowest BCUT2D eigenvalue weighted by Crippen LogP contribution is -2.24. The summed E-state index contributed by atoms with van der Waals surface area (Å²) in [7, 11) is -2.25. The van der Waals surface area contributed by atoms with Crippen LogP contribution in [0.1, 0.15) is 40.5 Å². The molecule has 0 radical (unpaired) electrons. The van der Waals surface area contributed by atoms with E-state index in [-0.39, 0.29) is 12.6 Å². The summed E-state index contributed by atoms with van der Waals surface area (Å²) in [4.78, 5) is 33.9. The van der Waals surface area contributed by atoms with Gasteiger partial charge < -0.3 is 20.1 Å². The molecule has 1 unspecified atom stereocenters. The van der Waals surface area contributed by atoms with Crippen LogP contribution in [-0.2, 0) is 24.9 Å². The van der Waals surface area contributed by atoms with Gasteiger partial charge in [-0.3, -0.25) is 4.79 Å². The third-order valence-corrected chi connectivity index (χ3v) is 6.62. The lowest BCUT2D eigenvalue weighted by molar-refractivity contribution is -0.154. The predicted molar refractivity (Wildman–Crippen MR) is 146 cm³/mol. The first-order valence-corrected chi connectivity index (χ1v) is 13.8. The second-order valence-electron chi connectivity index (χ2n) is 8.79. The van der Waals surface area contributed by atoms with Gasteiger partial charge in [0.05, 0.1) is 22.8 Å². The molecule has 3 rings (SSSR count). The minimum atomic E-state index is -2.25. The van der Waals surface area contributed by atoms with E-state index in [0.29, 0.717) is 41.7 Å². The number of benzene rings is 1. The second-order valence-corrected chi connectivity index (χ2v) is 11.0. The van der Waals surface area contributed by atoms with Crippen LogP contribution < -0.4 is 10.6 Å². The van der Waals surface area contributed by atoms with Crippen LogP contribution in [0.25, 0.3) is 10.4 Å². The maximum Gasteiger partial charge on any atom is 0.441 e. The van der Waals surface area contributed by atoms with E-state index in [9.17, 15) is 13.8 Å². The van der Waals surface area contributed by atoms with Crippen molar-refractivity contribution in [1.29, 1.82) is 0 Å². The van der Waals surface area contributed by atoms with Gasteiger partial charge in [0.2, 0.25) is 5.95 Å². The molecule has 37 heavy (non-hydrogen) atoms. The van der Waals surface area contributed by atoms with Crippen molar-refractivity contribution in [2.75, 3.05) is 23.8 Å². The number of thiol groups is 1. The van der Waals surface area contributed by atoms with Crippen LogP contribution in [0.5, 0.6) is 0 Å². The average Bonchev–Trinajstić information content (AvgIpc) is 3.36. The Labute approximate surface area is 222 Å². The van der Waals surface area contributed by atoms with Crippen LogP contribution in [0.4, 0.5) is 22.2 Å². The van der Waals surface area contributed by atoms with E-state index in [1.807, 2.05) is 38.3 Å². The highest BCUT2D eigenvalue weighted by atomic mass is 32.2. The zero-order valence-corrected chi connectivity index (χ0v) is 22.9. The quantitative estimate of drug-likeness (QED) is 0.168. The van der Waals surface area contributed by atoms with Gasteiger partial charge in [-0.05, 0) is 69.8 Å². The van der Waals surface area contributed by atoms with Crippen LogP contribution in [-0.4, -0.2) is 45.0 Å². The fourth-order valence-electron chi connectivity index (χ4n) is 3.11. The molecule has 0 aliphatic carbocycles. The molecule has 0 bridgehead atoms. The lowest BCUT2D eigenvalue weighted by Gasteiger charge is -2.19. The van der Waals surface area contributed by atoms with Crippen LogP contribution >= 0.6 is 11.3 Å². The number of carbonyl (C=O) groups is 2. The topological polar surface area (TPSA) is 132 Å². The molecule has 2 N–H and O–H groups in total. The monoisotopic (exact) mass is 545 g/mol. The van der Waals surface area contributed by atoms with Crippen molar-refractivity contribution in [3.05, 3.63) is 48.0 Å². The molecule has 1 atom stereocenters. The summed E-state index contributed by atoms with van der Waals surface area (Å²) in [6, 6.07) is 10.6. The number of nitrogens with zero attached hydrogens (tertiary/aromatic N) is 3. The number of thiophene rings is 1. The van der Waals surface area contributed by atoms with Crippen molar-refractivity contribution in [1.82, 2.24) is 9.97 Å². The molecule has 2 heterocycles. The molecule has 0 spiro atoms. The molecule has 3 aromatic rings. The highest BCUT2D eigenvalue weighted by Crippen LogP contribution is 2.31. The molecule has 12 heteroatoms. The summed E-state index contributed by atoms with van der Waals surface area (Å²) in [5.41, 5.74) is 1.02. The van der Waals surface area contributed by atoms with Crippen molar-refractivity contribution in [3.8, 4) is 10.4 Å². The number of hydrogen-bond acceptors (Lipinski definition) is 10. The Morgan fingerprint density at radius 1 is 1.16 bits per heavy atom. The van der Waals surface area contributed by atoms with Gasteiger partial charge in [-0.2, -0.15) is 4.98 Å². The largest absolute Gasteiger partial charge is 0.460 e. The number of rotatable bonds is 10. The van der Waals surface area contributed by atoms with E-state index in [1.165, 1.54) is 0 Å². The number of nitrogens with one attached hydrogen (secondary N) is 2. The van der Waals surface area contributed by atoms with Crippen LogP contribution in [0.15, 0.2) is 57.2 Å². The van der Waals surface area contributed by atoms with Crippen molar-refractivity contribution in [3.63, 3.8) is 0 Å². The first-order chi connectivity index (χ1) is 17.6. The predicted octanol–water partition coefficient (Wildman–Crippen LogP) is 5.66. The Hall–Kier alpha value is -3.51. The molecule has 0 fully saturated rings. The van der Waals surface area contributed by atoms with Crippen LogP contribution in [0, 0.1) is 0 Å². The minimum absolute atomic E-state index is 0.167. The highest BCUT2D eigenvalue weighted by Gasteiger charge is 2.16. The van der Waals surface area contributed by atoms with Gasteiger partial charge in [-0.1, -0.05) is 6.07 Å². The molecular weight excluding hydrogens is 514 g/mol. The van der Waals surface area contributed by atoms with Gasteiger partial charge in [0.15, 0.2) is 0 Å². The molecule has 198 valence electrons. The van der Waals surface area contributed by atoms with Gasteiger partial charge in [0.25, 0.3) is 0 Å². The summed E-state index contributed by atoms with van der Waals surface area (Å²) < 4.78 is 25.8. The molecule has 0 aliphatic heterocycles. The van der Waals surface area contributed by atoms with Crippen molar-refractivity contribution < 1.29 is 23.3 Å². The van der Waals surface area contributed by atoms with Crippen molar-refractivity contribution in [2.45, 2.75) is 51.0 Å². The van der Waals surface area contributed by atoms with Gasteiger partial charge in [0, 0.05) is 34.6 Å². The Balaban J connectivity index is 1.69. The molecular formula is C25H31N5O5S2. The van der Waals surface area contributed by atoms with E-state index >= 15 is 0 Å². The minimum Gasteiger partial charge on any atom is -0.460 e. The summed E-state index contributed by atoms with van der Waals surface area (Å²) in [5.74, 6) is 0.762. The molecule has 10 nitrogen and oxygen atoms in total. The van der Waals surface area contributed by atoms with E-state index in [4.69, 9.17) is 9.47 Å². The van der Waals surface area contributed by atoms with Crippen LogP contribution in [0.3, 0.4) is 0 Å². The standard InChI is InChI=1S/C25H31N5O5S2/c1-5-34-24(32)30-37(33)18-12-10-17(11-13-18)28-23-27-16-19(20-8-7-15-36-20)22(29-23)26-14-6-9-21(31)35-25(2,3)4/h7-8,10-13,15-16,37H,5-6,9,14H2,1-4H3,(H2,26,27,28,29). The number of hydrogen-bond donors (Lipinski definition) is 3. The molecule has 0 aliphatic rings. The Morgan fingerprint density at radius 3 is 2.57 bits per heavy atom. The number of anilines is 3. The summed E-state index contributed by atoms with van der Waals surface area (Å²) >= 11 is 1.58. The molecule has 1 aromatic carbocycles. The highest BCUT2D eigenvalue weighted by molar-refractivity contribution is 7.75. The second kappa shape index (κ2) is 13.2. The normalized spacial score (nSPS) is 12.1. The fourth-order valence-corrected chi connectivity index (χ4v) is 4.57. The van der Waals surface area contributed by atoms with Crippen molar-refractivity contribution in [2.24, 2.45) is 4.36 Å². The van der Waals surface area contributed by atoms with Gasteiger partial charge >= 0.3 is 12.1 Å². The van der Waals surface area contributed by atoms with Gasteiger partial charge in [0.1, 0.15) is 11.4 Å². The van der Waals surface area contributed by atoms with Crippen molar-refractivity contribution >= 4 is 51.4 Å². The first kappa shape index (κ1) is 28.1. The Morgan fingerprint density at radius 2 is 1.92 bits per heavy atom. The van der Waals surface area contributed by atoms with Gasteiger partial charge in [-0.25, -0.2) is 14.0 Å². The number of amides is 1. The number of aromatic nitrogens is 2. The van der Waals surface area contributed by atoms with E-state index in [0.717, 1.165) is 10.4 Å². The maximum atomic E-state index is 12.2. The molecule has 0 saturated carbocycles. The summed E-state index contributed by atoms with van der Waals surface area (Å²) in [5, 5.41) is 8.42. The maximum absolute atomic E-state index is 12.2. The fraction of sp³-hybridized carbons (Fsp3) is 0.360. The number of carbonyl (C=O) groups excluding carboxylic acids is 2. The SMILES string of the molecule is CCOC(=O)N=[SH](=O)c1ccc(Nc2ncc(-c3cccs3)c(NCCCC(=O)OC(C)(C)C)n2)cc1. The number of ether oxygens (including phenoxy) is 2. The van der Waals surface area contributed by atoms with E-state index in [1.54, 1.807) is 48.7 Å². The Kier molecular flexibility index (Phi) is 9.98. The number of esters is 1. The molecule has 0 saturated heterocycles. The zero-order chi connectivity index (χ0) is 26.8. The van der Waals surface area contributed by atoms with E-state index < -0.39 is 22.3 Å². The molecule has 1 amide bonds. The smallest absolute Gasteiger partial charge is 0.441 e. The average molecular weight is 546 g/mol. The first-order valence-electron chi connectivity index (χ1n) is 11.7. The van der Waals surface area contributed by atoms with Gasteiger partial charge in [-0.15, -0.1) is 15.7 Å². The summed E-state index contributed by atoms with van der Waals surface area (Å²) in [6.45, 7) is 7.88. The Bertz CT molecular complexity index is 1280. The molecule has 2 aromatic heterocycles. The third-order valence-electron chi connectivity index (χ3n) is 4.63. The third kappa shape index (κ3) is 9.14. The zero-order valence-electron chi connectivity index (χ0n) is 21.2.